The summed E-state index contributed by atoms with van der Waals surface area (Å²) in [7, 11) is 3.15. The third-order valence-corrected chi connectivity index (χ3v) is 6.80. The third kappa shape index (κ3) is 7.22. The Hall–Kier alpha value is -5.40. The predicted octanol–water partition coefficient (Wildman–Crippen LogP) is 2.70. The van der Waals surface area contributed by atoms with Crippen molar-refractivity contribution in [2.45, 2.75) is 12.5 Å². The average Bonchev–Trinajstić information content (AvgIpc) is 3.76. The fourth-order valence-corrected chi connectivity index (χ4v) is 4.54. The van der Waals surface area contributed by atoms with Crippen molar-refractivity contribution in [2.75, 3.05) is 14.2 Å². The van der Waals surface area contributed by atoms with Crippen molar-refractivity contribution < 1.29 is 14.3 Å². The number of methoxy groups -OCH3 is 2. The van der Waals surface area contributed by atoms with E-state index >= 15 is 0 Å². The maximum atomic E-state index is 11.2. The first-order chi connectivity index (χ1) is 21.8. The van der Waals surface area contributed by atoms with Crippen LogP contribution in [0.5, 0.6) is 0 Å². The third-order valence-electron chi connectivity index (χ3n) is 6.33. The molecule has 0 bridgehead atoms. The molecule has 6 rings (SSSR count). The van der Waals surface area contributed by atoms with E-state index in [1.807, 2.05) is 18.2 Å². The molecule has 2 aliphatic heterocycles. The quantitative estimate of drug-likeness (QED) is 0.268. The monoisotopic (exact) mass is 646 g/mol. The highest BCUT2D eigenvalue weighted by molar-refractivity contribution is 6.31. The van der Waals surface area contributed by atoms with Gasteiger partial charge in [-0.2, -0.15) is 5.26 Å². The van der Waals surface area contributed by atoms with Gasteiger partial charge in [0.05, 0.1) is 36.4 Å². The molecule has 0 saturated carbocycles. The van der Waals surface area contributed by atoms with Crippen LogP contribution >= 0.6 is 23.2 Å². The number of nitrogens with zero attached hydrogens (tertiary/aromatic N) is 9. The first-order valence-corrected chi connectivity index (χ1v) is 13.8. The van der Waals surface area contributed by atoms with Gasteiger partial charge in [-0.1, -0.05) is 33.6 Å². The predicted molar refractivity (Wildman–Crippen MR) is 167 cm³/mol. The smallest absolute Gasteiger partial charge is 0.270 e. The minimum absolute atomic E-state index is 0.0767. The van der Waals surface area contributed by atoms with E-state index in [1.165, 1.54) is 15.6 Å². The number of hydrogen-bond donors (Lipinski definition) is 3. The van der Waals surface area contributed by atoms with Crippen LogP contribution in [0.2, 0.25) is 10.0 Å². The SMILES string of the molecule is COC1C=C(c2cc(Cl)ccc2-n2cc(C#N)nn2)NC=N1.COC1C=C(c2cc(Cl)ccc2-n2cc(C(N)=O)nn2)NC=N1. The van der Waals surface area contributed by atoms with Crippen LogP contribution in [0.1, 0.15) is 27.3 Å². The maximum Gasteiger partial charge on any atom is 0.270 e. The van der Waals surface area contributed by atoms with Gasteiger partial charge in [-0.15, -0.1) is 10.2 Å². The Bertz CT molecular complexity index is 1890. The van der Waals surface area contributed by atoms with Crippen LogP contribution in [-0.2, 0) is 9.47 Å². The number of nitrogens with one attached hydrogen (secondary N) is 2. The molecule has 2 unspecified atom stereocenters. The lowest BCUT2D eigenvalue weighted by atomic mass is 10.1. The molecule has 2 aliphatic rings. The van der Waals surface area contributed by atoms with Crippen molar-refractivity contribution >= 4 is 53.2 Å². The normalized spacial score (nSPS) is 16.8. The zero-order valence-corrected chi connectivity index (χ0v) is 25.2. The number of ether oxygens (including phenoxy) is 2. The molecule has 228 valence electrons. The molecule has 4 N–H and O–H groups in total. The van der Waals surface area contributed by atoms with Gasteiger partial charge in [-0.3, -0.25) is 4.79 Å². The van der Waals surface area contributed by atoms with Gasteiger partial charge in [0.1, 0.15) is 6.07 Å². The van der Waals surface area contributed by atoms with E-state index in [4.69, 9.17) is 43.7 Å². The van der Waals surface area contributed by atoms with Gasteiger partial charge in [0, 0.05) is 46.8 Å². The topological polar surface area (TPSA) is 196 Å². The zero-order valence-electron chi connectivity index (χ0n) is 23.7. The second kappa shape index (κ2) is 13.9. The van der Waals surface area contributed by atoms with Crippen LogP contribution < -0.4 is 16.4 Å². The van der Waals surface area contributed by atoms with Crippen molar-refractivity contribution in [1.29, 1.82) is 5.26 Å². The summed E-state index contributed by atoms with van der Waals surface area (Å²) in [5, 5.41) is 31.5. The summed E-state index contributed by atoms with van der Waals surface area (Å²) in [6.07, 6.45) is 9.00. The molecule has 1 amide bonds. The fraction of sp³-hybridized carbons (Fsp3) is 0.143. The molecule has 0 saturated heterocycles. The second-order valence-electron chi connectivity index (χ2n) is 9.15. The summed E-state index contributed by atoms with van der Waals surface area (Å²) in [5.41, 5.74) is 10.0. The number of primary amides is 1. The van der Waals surface area contributed by atoms with Crippen molar-refractivity contribution in [3.05, 3.63) is 93.5 Å². The number of carbonyl (C=O) groups is 1. The second-order valence-corrected chi connectivity index (χ2v) is 10.0. The van der Waals surface area contributed by atoms with Gasteiger partial charge in [-0.05, 0) is 48.6 Å². The molecule has 0 fully saturated rings. The molecular weight excluding hydrogens is 623 g/mol. The minimum Gasteiger partial charge on any atom is -0.364 e. The zero-order chi connectivity index (χ0) is 31.9. The number of aliphatic imine (C=N–C) groups is 2. The maximum absolute atomic E-state index is 11.2. The number of halogens is 2. The Morgan fingerprint density at radius 2 is 1.38 bits per heavy atom. The van der Waals surface area contributed by atoms with Crippen molar-refractivity contribution in [2.24, 2.45) is 15.7 Å². The number of amides is 1. The summed E-state index contributed by atoms with van der Waals surface area (Å²) in [4.78, 5) is 19.4. The lowest BCUT2D eigenvalue weighted by Gasteiger charge is -2.18. The van der Waals surface area contributed by atoms with Gasteiger partial charge < -0.3 is 25.8 Å². The van der Waals surface area contributed by atoms with Crippen LogP contribution in [0.4, 0.5) is 0 Å². The minimum atomic E-state index is -0.645. The van der Waals surface area contributed by atoms with E-state index in [-0.39, 0.29) is 17.6 Å². The Morgan fingerprint density at radius 3 is 1.82 bits per heavy atom. The largest absolute Gasteiger partial charge is 0.364 e. The summed E-state index contributed by atoms with van der Waals surface area (Å²) < 4.78 is 13.4. The number of nitriles is 1. The summed E-state index contributed by atoms with van der Waals surface area (Å²) in [5.74, 6) is -0.645. The summed E-state index contributed by atoms with van der Waals surface area (Å²) >= 11 is 12.2. The molecule has 0 spiro atoms. The number of benzene rings is 2. The number of carbonyl (C=O) groups excluding carboxylic acids is 1. The molecule has 0 radical (unpaired) electrons. The molecule has 15 nitrogen and oxygen atoms in total. The van der Waals surface area contributed by atoms with Gasteiger partial charge in [0.25, 0.3) is 5.91 Å². The highest BCUT2D eigenvalue weighted by Crippen LogP contribution is 2.27. The number of hydrogen-bond acceptors (Lipinski definition) is 12. The van der Waals surface area contributed by atoms with E-state index < -0.39 is 12.1 Å². The molecule has 2 atom stereocenters. The van der Waals surface area contributed by atoms with Gasteiger partial charge in [0.15, 0.2) is 23.8 Å². The van der Waals surface area contributed by atoms with E-state index in [0.29, 0.717) is 15.7 Å². The highest BCUT2D eigenvalue weighted by Gasteiger charge is 2.18. The molecular formula is C28H24Cl2N12O3. The number of rotatable bonds is 7. The molecule has 4 heterocycles. The fourth-order valence-electron chi connectivity index (χ4n) is 4.20. The first kappa shape index (κ1) is 31.0. The molecule has 2 aromatic carbocycles. The standard InChI is InChI=1S/C14H13ClN6O2.C14H11ClN6O/c1-23-13-5-10(17-7-18-13)9-4-8(15)2-3-12(9)21-6-11(14(16)22)19-20-21;1-22-14-5-12(17-8-18-14)11-4-9(15)2-3-13(11)21-7-10(6-16)19-20-21/h2-7,13H,1H3,(H2,16,22)(H,17,18);2-5,7-8,14H,1H3,(H,17,18). The van der Waals surface area contributed by atoms with E-state index in [1.54, 1.807) is 69.5 Å². The Balaban J connectivity index is 0.000000178. The van der Waals surface area contributed by atoms with Crippen LogP contribution in [0, 0.1) is 11.3 Å². The van der Waals surface area contributed by atoms with Crippen LogP contribution in [0.25, 0.3) is 22.8 Å². The number of aromatic nitrogens is 6. The summed E-state index contributed by atoms with van der Waals surface area (Å²) in [6.45, 7) is 0. The van der Waals surface area contributed by atoms with Gasteiger partial charge in [0.2, 0.25) is 0 Å². The van der Waals surface area contributed by atoms with Crippen LogP contribution in [0.15, 0.2) is 70.9 Å². The van der Waals surface area contributed by atoms with E-state index in [9.17, 15) is 4.79 Å². The van der Waals surface area contributed by atoms with E-state index in [2.05, 4.69) is 41.2 Å². The molecule has 45 heavy (non-hydrogen) atoms. The van der Waals surface area contributed by atoms with Crippen molar-refractivity contribution in [3.8, 4) is 17.4 Å². The first-order valence-electron chi connectivity index (χ1n) is 13.0. The van der Waals surface area contributed by atoms with Gasteiger partial charge >= 0.3 is 0 Å². The summed E-state index contributed by atoms with van der Waals surface area (Å²) in [6, 6.07) is 12.6. The lowest BCUT2D eigenvalue weighted by Crippen LogP contribution is -2.21. The average molecular weight is 647 g/mol. The van der Waals surface area contributed by atoms with Gasteiger partial charge in [-0.25, -0.2) is 19.3 Å². The van der Waals surface area contributed by atoms with E-state index in [0.717, 1.165) is 28.2 Å². The highest BCUT2D eigenvalue weighted by atomic mass is 35.5. The Kier molecular flexibility index (Phi) is 9.61. The molecule has 17 heteroatoms. The molecule has 2 aromatic heterocycles. The lowest BCUT2D eigenvalue weighted by molar-refractivity contribution is 0.0995. The number of nitrogens with two attached hydrogens (primary N) is 1. The Labute approximate surface area is 266 Å². The van der Waals surface area contributed by atoms with Crippen LogP contribution in [0.3, 0.4) is 0 Å². The molecule has 0 aliphatic carbocycles. The van der Waals surface area contributed by atoms with Crippen molar-refractivity contribution in [1.82, 2.24) is 40.6 Å². The molecule has 4 aromatic rings. The Morgan fingerprint density at radius 1 is 0.867 bits per heavy atom. The van der Waals surface area contributed by atoms with Crippen LogP contribution in [-0.4, -0.2) is 75.2 Å². The van der Waals surface area contributed by atoms with Crippen molar-refractivity contribution in [3.63, 3.8) is 0 Å².